The van der Waals surface area contributed by atoms with Crippen LogP contribution in [0.15, 0.2) is 60.7 Å². The monoisotopic (exact) mass is 459 g/mol. The fraction of sp³-hybridized carbons (Fsp3) is 0.136. The number of rotatable bonds is 6. The quantitative estimate of drug-likeness (QED) is 0.397. The van der Waals surface area contributed by atoms with E-state index in [2.05, 4.69) is 10.0 Å². The van der Waals surface area contributed by atoms with E-state index < -0.39 is 10.0 Å². The van der Waals surface area contributed by atoms with Gasteiger partial charge in [-0.2, -0.15) is 0 Å². The van der Waals surface area contributed by atoms with Crippen LogP contribution in [0.25, 0.3) is 21.8 Å². The van der Waals surface area contributed by atoms with Crippen LogP contribution in [0.2, 0.25) is 0 Å². The first-order valence-corrected chi connectivity index (χ1v) is 11.1. The molecule has 0 aliphatic rings. The number of para-hydroxylation sites is 2. The van der Waals surface area contributed by atoms with E-state index in [1.54, 1.807) is 25.3 Å². The van der Waals surface area contributed by atoms with Crippen molar-refractivity contribution in [2.75, 3.05) is 30.5 Å². The summed E-state index contributed by atoms with van der Waals surface area (Å²) in [4.78, 5) is 4.77. The predicted octanol–water partition coefficient (Wildman–Crippen LogP) is 4.94. The summed E-state index contributed by atoms with van der Waals surface area (Å²) in [5.74, 6) is 1.18. The third-order valence-corrected chi connectivity index (χ3v) is 5.26. The zero-order valence-corrected chi connectivity index (χ0v) is 18.8. The van der Waals surface area contributed by atoms with Gasteiger partial charge in [0.05, 0.1) is 43.1 Å². The minimum atomic E-state index is -3.39. The summed E-state index contributed by atoms with van der Waals surface area (Å²) in [6.07, 6.45) is 1.11. The normalized spacial score (nSPS) is 11.1. The van der Waals surface area contributed by atoms with Crippen molar-refractivity contribution < 1.29 is 17.9 Å². The van der Waals surface area contributed by atoms with Crippen molar-refractivity contribution in [3.63, 3.8) is 0 Å². The minimum Gasteiger partial charge on any atom is -0.494 e. The first kappa shape index (κ1) is 22.5. The Bertz CT molecular complexity index is 1360. The first-order chi connectivity index (χ1) is 14.4. The third-order valence-electron chi connectivity index (χ3n) is 4.66. The lowest BCUT2D eigenvalue weighted by atomic mass is 10.1. The van der Waals surface area contributed by atoms with E-state index in [0.717, 1.165) is 33.7 Å². The second kappa shape index (κ2) is 8.87. The smallest absolute Gasteiger partial charge is 0.229 e. The Hall–Kier alpha value is -3.23. The number of hydrogen-bond acceptors (Lipinski definition) is 6. The molecule has 0 atom stereocenters. The van der Waals surface area contributed by atoms with Crippen LogP contribution in [0.4, 0.5) is 17.1 Å². The molecule has 0 bridgehead atoms. The van der Waals surface area contributed by atoms with E-state index in [4.69, 9.17) is 14.5 Å². The fourth-order valence-corrected chi connectivity index (χ4v) is 3.95. The van der Waals surface area contributed by atoms with Crippen molar-refractivity contribution in [1.82, 2.24) is 4.98 Å². The van der Waals surface area contributed by atoms with Gasteiger partial charge in [-0.3, -0.25) is 4.72 Å². The molecule has 1 aromatic heterocycles. The van der Waals surface area contributed by atoms with Gasteiger partial charge in [0.15, 0.2) is 0 Å². The van der Waals surface area contributed by atoms with Crippen LogP contribution in [0, 0.1) is 0 Å². The Balaban J connectivity index is 0.00000272. The molecule has 2 N–H and O–H groups in total. The SMILES string of the molecule is COc1cc(NS(C)(=O)=O)ccc1Nc1c2ccccc2nc2c(OC)cccc12.Cl. The molecular weight excluding hydrogens is 438 g/mol. The number of hydrogen-bond donors (Lipinski definition) is 2. The summed E-state index contributed by atoms with van der Waals surface area (Å²) < 4.78 is 36.6. The van der Waals surface area contributed by atoms with Crippen molar-refractivity contribution in [2.45, 2.75) is 0 Å². The molecule has 31 heavy (non-hydrogen) atoms. The molecule has 162 valence electrons. The Labute approximate surface area is 186 Å². The molecule has 4 rings (SSSR count). The summed E-state index contributed by atoms with van der Waals surface area (Å²) in [5, 5.41) is 5.29. The number of fused-ring (bicyclic) bond motifs is 2. The number of nitrogens with one attached hydrogen (secondary N) is 2. The second-order valence-corrected chi connectivity index (χ2v) is 8.52. The number of benzene rings is 3. The summed E-state index contributed by atoms with van der Waals surface area (Å²) in [6.45, 7) is 0. The molecule has 1 heterocycles. The van der Waals surface area contributed by atoms with Gasteiger partial charge in [0, 0.05) is 16.8 Å². The molecule has 9 heteroatoms. The molecule has 0 unspecified atom stereocenters. The lowest BCUT2D eigenvalue weighted by Gasteiger charge is -2.17. The number of methoxy groups -OCH3 is 2. The molecule has 0 amide bonds. The lowest BCUT2D eigenvalue weighted by Crippen LogP contribution is -2.09. The number of ether oxygens (including phenoxy) is 2. The van der Waals surface area contributed by atoms with Gasteiger partial charge < -0.3 is 14.8 Å². The minimum absolute atomic E-state index is 0. The Kier molecular flexibility index (Phi) is 6.42. The van der Waals surface area contributed by atoms with Crippen LogP contribution >= 0.6 is 12.4 Å². The molecule has 3 aromatic carbocycles. The molecule has 7 nitrogen and oxygen atoms in total. The maximum atomic E-state index is 11.5. The van der Waals surface area contributed by atoms with E-state index in [-0.39, 0.29) is 12.4 Å². The molecule has 0 saturated heterocycles. The number of sulfonamides is 1. The van der Waals surface area contributed by atoms with Gasteiger partial charge in [-0.25, -0.2) is 13.4 Å². The maximum Gasteiger partial charge on any atom is 0.229 e. The van der Waals surface area contributed by atoms with E-state index >= 15 is 0 Å². The van der Waals surface area contributed by atoms with Crippen LogP contribution in [-0.4, -0.2) is 33.9 Å². The predicted molar refractivity (Wildman–Crippen MR) is 128 cm³/mol. The zero-order chi connectivity index (χ0) is 21.3. The van der Waals surface area contributed by atoms with Gasteiger partial charge >= 0.3 is 0 Å². The molecule has 0 aliphatic heterocycles. The average Bonchev–Trinajstić information content (AvgIpc) is 2.73. The van der Waals surface area contributed by atoms with Crippen LogP contribution in [-0.2, 0) is 10.0 Å². The van der Waals surface area contributed by atoms with Crippen molar-refractivity contribution in [3.8, 4) is 11.5 Å². The maximum absolute atomic E-state index is 11.5. The Morgan fingerprint density at radius 3 is 2.29 bits per heavy atom. The van der Waals surface area contributed by atoms with E-state index in [9.17, 15) is 8.42 Å². The highest BCUT2D eigenvalue weighted by Gasteiger charge is 2.15. The van der Waals surface area contributed by atoms with Gasteiger partial charge in [0.1, 0.15) is 17.0 Å². The van der Waals surface area contributed by atoms with Gasteiger partial charge in [-0.05, 0) is 24.3 Å². The van der Waals surface area contributed by atoms with Crippen LogP contribution in [0.5, 0.6) is 11.5 Å². The number of aromatic nitrogens is 1. The lowest BCUT2D eigenvalue weighted by molar-refractivity contribution is 0.417. The fourth-order valence-electron chi connectivity index (χ4n) is 3.39. The van der Waals surface area contributed by atoms with Gasteiger partial charge in [0.25, 0.3) is 0 Å². The van der Waals surface area contributed by atoms with E-state index in [1.807, 2.05) is 42.5 Å². The highest BCUT2D eigenvalue weighted by atomic mass is 35.5. The molecule has 0 radical (unpaired) electrons. The van der Waals surface area contributed by atoms with Crippen molar-refractivity contribution in [1.29, 1.82) is 0 Å². The molecule has 0 spiro atoms. The van der Waals surface area contributed by atoms with Crippen molar-refractivity contribution >= 4 is 61.3 Å². The molecule has 0 fully saturated rings. The van der Waals surface area contributed by atoms with Crippen molar-refractivity contribution in [3.05, 3.63) is 60.7 Å². The molecule has 4 aromatic rings. The topological polar surface area (TPSA) is 89.5 Å². The highest BCUT2D eigenvalue weighted by Crippen LogP contribution is 2.39. The summed E-state index contributed by atoms with van der Waals surface area (Å²) >= 11 is 0. The zero-order valence-electron chi connectivity index (χ0n) is 17.2. The van der Waals surface area contributed by atoms with Crippen LogP contribution in [0.1, 0.15) is 0 Å². The third kappa shape index (κ3) is 4.60. The number of anilines is 3. The highest BCUT2D eigenvalue weighted by molar-refractivity contribution is 7.92. The Morgan fingerprint density at radius 1 is 0.871 bits per heavy atom. The van der Waals surface area contributed by atoms with Crippen LogP contribution in [0.3, 0.4) is 0 Å². The van der Waals surface area contributed by atoms with E-state index in [0.29, 0.717) is 22.9 Å². The van der Waals surface area contributed by atoms with Gasteiger partial charge in [-0.1, -0.05) is 30.3 Å². The standard InChI is InChI=1S/C22H21N3O4S.ClH/c1-28-19-10-6-8-16-21(15-7-4-5-9-17(15)23-22(16)19)24-18-12-11-14(13-20(18)29-2)25-30(3,26)27;/h4-13,25H,1-3H3,(H,23,24);1H. The second-order valence-electron chi connectivity index (χ2n) is 6.77. The first-order valence-electron chi connectivity index (χ1n) is 9.18. The number of nitrogens with zero attached hydrogens (tertiary/aromatic N) is 1. The number of pyridine rings is 1. The van der Waals surface area contributed by atoms with Gasteiger partial charge in [0.2, 0.25) is 10.0 Å². The average molecular weight is 460 g/mol. The number of halogens is 1. The molecular formula is C22H22ClN3O4S. The Morgan fingerprint density at radius 2 is 1.58 bits per heavy atom. The largest absolute Gasteiger partial charge is 0.494 e. The molecule has 0 aliphatic carbocycles. The van der Waals surface area contributed by atoms with Crippen molar-refractivity contribution in [2.24, 2.45) is 0 Å². The summed E-state index contributed by atoms with van der Waals surface area (Å²) in [5.41, 5.74) is 3.54. The summed E-state index contributed by atoms with van der Waals surface area (Å²) in [6, 6.07) is 18.7. The molecule has 0 saturated carbocycles. The van der Waals surface area contributed by atoms with Crippen LogP contribution < -0.4 is 19.5 Å². The summed E-state index contributed by atoms with van der Waals surface area (Å²) in [7, 11) is -0.229. The van der Waals surface area contributed by atoms with E-state index in [1.165, 1.54) is 7.11 Å². The van der Waals surface area contributed by atoms with Gasteiger partial charge in [-0.15, -0.1) is 12.4 Å².